The lowest BCUT2D eigenvalue weighted by Crippen LogP contribution is -2.33. The van der Waals surface area contributed by atoms with Crippen LogP contribution in [0.15, 0.2) is 54.9 Å². The van der Waals surface area contributed by atoms with Gasteiger partial charge < -0.3 is 4.55 Å². The van der Waals surface area contributed by atoms with Crippen molar-refractivity contribution in [3.8, 4) is 0 Å². The third-order valence-electron chi connectivity index (χ3n) is 3.54. The number of pyridine rings is 1. The molecule has 0 saturated heterocycles. The van der Waals surface area contributed by atoms with Gasteiger partial charge in [0.2, 0.25) is 0 Å². The fourth-order valence-electron chi connectivity index (χ4n) is 2.37. The molecule has 0 N–H and O–H groups in total. The van der Waals surface area contributed by atoms with Gasteiger partial charge >= 0.3 is 0 Å². The van der Waals surface area contributed by atoms with Crippen molar-refractivity contribution in [3.63, 3.8) is 0 Å². The standard InChI is InChI=1S/C17H21NO3S/c19-22(20,21)15-5-12-18-13-10-17(11-14-18)9-4-8-16-6-2-1-3-7-16/h1-3,6-7,10-11,13-14H,4-5,8-9,12,15H2. The van der Waals surface area contributed by atoms with Crippen molar-refractivity contribution >= 4 is 10.1 Å². The van der Waals surface area contributed by atoms with E-state index in [4.69, 9.17) is 0 Å². The molecule has 1 aromatic heterocycles. The van der Waals surface area contributed by atoms with E-state index >= 15 is 0 Å². The van der Waals surface area contributed by atoms with E-state index < -0.39 is 10.1 Å². The topological polar surface area (TPSA) is 61.1 Å². The van der Waals surface area contributed by atoms with E-state index in [1.807, 2.05) is 23.0 Å². The number of aryl methyl sites for hydroxylation is 3. The van der Waals surface area contributed by atoms with Crippen molar-refractivity contribution in [2.45, 2.75) is 32.2 Å². The lowest BCUT2D eigenvalue weighted by atomic mass is 10.1. The van der Waals surface area contributed by atoms with Crippen LogP contribution in [-0.4, -0.2) is 18.7 Å². The Bertz CT molecular complexity index is 667. The van der Waals surface area contributed by atoms with Crippen LogP contribution in [0.25, 0.3) is 0 Å². The first-order valence-corrected chi connectivity index (χ1v) is 9.06. The highest BCUT2D eigenvalue weighted by Gasteiger charge is 2.03. The summed E-state index contributed by atoms with van der Waals surface area (Å²) in [4.78, 5) is 0. The lowest BCUT2D eigenvalue weighted by molar-refractivity contribution is -0.696. The van der Waals surface area contributed by atoms with Crippen molar-refractivity contribution in [2.75, 3.05) is 5.75 Å². The number of benzene rings is 1. The monoisotopic (exact) mass is 319 g/mol. The Morgan fingerprint density at radius 3 is 2.05 bits per heavy atom. The van der Waals surface area contributed by atoms with Gasteiger partial charge in [-0.3, -0.25) is 0 Å². The Labute approximate surface area is 132 Å². The molecule has 2 aromatic rings. The molecule has 0 atom stereocenters. The van der Waals surface area contributed by atoms with Gasteiger partial charge in [-0.05, 0) is 30.4 Å². The molecule has 2 rings (SSSR count). The van der Waals surface area contributed by atoms with Crippen LogP contribution in [0.2, 0.25) is 0 Å². The van der Waals surface area contributed by atoms with E-state index in [1.54, 1.807) is 0 Å². The Morgan fingerprint density at radius 1 is 0.864 bits per heavy atom. The fraction of sp³-hybridized carbons (Fsp3) is 0.353. The number of hydrogen-bond acceptors (Lipinski definition) is 3. The molecule has 0 saturated carbocycles. The Kier molecular flexibility index (Phi) is 6.10. The summed E-state index contributed by atoms with van der Waals surface area (Å²) in [6.07, 6.45) is 7.42. The molecule has 4 nitrogen and oxygen atoms in total. The number of nitrogens with zero attached hydrogens (tertiary/aromatic N) is 1. The summed E-state index contributed by atoms with van der Waals surface area (Å²) in [7, 11) is -4.10. The molecule has 0 spiro atoms. The molecule has 22 heavy (non-hydrogen) atoms. The highest BCUT2D eigenvalue weighted by atomic mass is 32.2. The van der Waals surface area contributed by atoms with E-state index in [1.165, 1.54) is 11.1 Å². The average molecular weight is 319 g/mol. The molecule has 0 aliphatic heterocycles. The van der Waals surface area contributed by atoms with Crippen molar-refractivity contribution < 1.29 is 17.5 Å². The van der Waals surface area contributed by atoms with Gasteiger partial charge in [0.05, 0.1) is 10.1 Å². The zero-order valence-electron chi connectivity index (χ0n) is 12.5. The minimum atomic E-state index is -4.10. The molecule has 0 unspecified atom stereocenters. The summed E-state index contributed by atoms with van der Waals surface area (Å²) in [6, 6.07) is 14.5. The zero-order valence-corrected chi connectivity index (χ0v) is 13.3. The van der Waals surface area contributed by atoms with Gasteiger partial charge in [-0.1, -0.05) is 30.3 Å². The van der Waals surface area contributed by atoms with Crippen molar-refractivity contribution in [2.24, 2.45) is 0 Å². The second-order valence-electron chi connectivity index (χ2n) is 5.40. The zero-order chi connectivity index (χ0) is 15.8. The largest absolute Gasteiger partial charge is 0.748 e. The van der Waals surface area contributed by atoms with Gasteiger partial charge in [0.15, 0.2) is 12.4 Å². The highest BCUT2D eigenvalue weighted by molar-refractivity contribution is 7.85. The van der Waals surface area contributed by atoms with E-state index in [2.05, 4.69) is 36.4 Å². The molecule has 5 heteroatoms. The Balaban J connectivity index is 1.74. The molecule has 0 fully saturated rings. The van der Waals surface area contributed by atoms with Crippen LogP contribution in [0.4, 0.5) is 0 Å². The lowest BCUT2D eigenvalue weighted by Gasteiger charge is -2.05. The molecule has 0 aliphatic rings. The van der Waals surface area contributed by atoms with Crippen molar-refractivity contribution in [1.82, 2.24) is 0 Å². The average Bonchev–Trinajstić information content (AvgIpc) is 2.49. The molecule has 0 amide bonds. The molecule has 0 radical (unpaired) electrons. The SMILES string of the molecule is O=S(=O)([O-])CCC[n+]1ccc(CCCc2ccccc2)cc1. The normalized spacial score (nSPS) is 11.5. The van der Waals surface area contributed by atoms with Gasteiger partial charge in [0, 0.05) is 24.3 Å². The molecule has 0 bridgehead atoms. The smallest absolute Gasteiger partial charge is 0.169 e. The minimum Gasteiger partial charge on any atom is -0.748 e. The van der Waals surface area contributed by atoms with E-state index in [0.29, 0.717) is 13.0 Å². The van der Waals surface area contributed by atoms with Gasteiger partial charge in [0.25, 0.3) is 0 Å². The number of hydrogen-bond donors (Lipinski definition) is 0. The summed E-state index contributed by atoms with van der Waals surface area (Å²) in [5, 5.41) is 0. The quantitative estimate of drug-likeness (QED) is 0.553. The van der Waals surface area contributed by atoms with Crippen molar-refractivity contribution in [3.05, 3.63) is 66.0 Å². The van der Waals surface area contributed by atoms with Gasteiger partial charge in [-0.15, -0.1) is 0 Å². The van der Waals surface area contributed by atoms with Crippen LogP contribution in [0.3, 0.4) is 0 Å². The van der Waals surface area contributed by atoms with Crippen LogP contribution in [0.5, 0.6) is 0 Å². The maximum Gasteiger partial charge on any atom is 0.169 e. The second kappa shape index (κ2) is 8.06. The summed E-state index contributed by atoms with van der Waals surface area (Å²) >= 11 is 0. The fourth-order valence-corrected chi connectivity index (χ4v) is 2.85. The predicted molar refractivity (Wildman–Crippen MR) is 84.3 cm³/mol. The van der Waals surface area contributed by atoms with E-state index in [-0.39, 0.29) is 5.75 Å². The van der Waals surface area contributed by atoms with Gasteiger partial charge in [0.1, 0.15) is 6.54 Å². The third-order valence-corrected chi connectivity index (χ3v) is 4.33. The first kappa shape index (κ1) is 16.6. The molecule has 118 valence electrons. The third kappa shape index (κ3) is 6.37. The van der Waals surface area contributed by atoms with Crippen LogP contribution in [-0.2, 0) is 29.5 Å². The maximum atomic E-state index is 10.5. The van der Waals surface area contributed by atoms with E-state index in [0.717, 1.165) is 19.3 Å². The van der Waals surface area contributed by atoms with Crippen LogP contribution >= 0.6 is 0 Å². The maximum absolute atomic E-state index is 10.5. The first-order chi connectivity index (χ1) is 10.5. The van der Waals surface area contributed by atoms with Crippen LogP contribution < -0.4 is 4.57 Å². The van der Waals surface area contributed by atoms with Crippen LogP contribution in [0.1, 0.15) is 24.0 Å². The van der Waals surface area contributed by atoms with Gasteiger partial charge in [-0.25, -0.2) is 13.0 Å². The Hall–Kier alpha value is -1.72. The molecular weight excluding hydrogens is 298 g/mol. The predicted octanol–water partition coefficient (Wildman–Crippen LogP) is 2.08. The summed E-state index contributed by atoms with van der Waals surface area (Å²) in [6.45, 7) is 0.547. The minimum absolute atomic E-state index is 0.307. The first-order valence-electron chi connectivity index (χ1n) is 7.48. The van der Waals surface area contributed by atoms with Crippen molar-refractivity contribution in [1.29, 1.82) is 0 Å². The summed E-state index contributed by atoms with van der Waals surface area (Å²) in [5.74, 6) is -0.307. The molecular formula is C17H21NO3S. The molecule has 1 aromatic carbocycles. The summed E-state index contributed by atoms with van der Waals surface area (Å²) < 4.78 is 33.5. The number of rotatable bonds is 8. The van der Waals surface area contributed by atoms with Crippen LogP contribution in [0, 0.1) is 0 Å². The summed E-state index contributed by atoms with van der Waals surface area (Å²) in [5.41, 5.74) is 2.62. The highest BCUT2D eigenvalue weighted by Crippen LogP contribution is 2.07. The second-order valence-corrected chi connectivity index (χ2v) is 6.92. The number of aromatic nitrogens is 1. The molecule has 1 heterocycles. The van der Waals surface area contributed by atoms with E-state index in [9.17, 15) is 13.0 Å². The molecule has 0 aliphatic carbocycles. The Morgan fingerprint density at radius 2 is 1.45 bits per heavy atom. The van der Waals surface area contributed by atoms with Gasteiger partial charge in [-0.2, -0.15) is 0 Å².